The van der Waals surface area contributed by atoms with Crippen LogP contribution in [0.4, 0.5) is 0 Å². The molecule has 1 aromatic rings. The van der Waals surface area contributed by atoms with Gasteiger partial charge >= 0.3 is 0 Å². The van der Waals surface area contributed by atoms with Gasteiger partial charge in [0, 0.05) is 38.1 Å². The fourth-order valence-electron chi connectivity index (χ4n) is 3.11. The number of thiazole rings is 1. The van der Waals surface area contributed by atoms with Gasteiger partial charge in [-0.15, -0.1) is 11.3 Å². The predicted octanol–water partition coefficient (Wildman–Crippen LogP) is 1.67. The Kier molecular flexibility index (Phi) is 3.74. The van der Waals surface area contributed by atoms with E-state index in [-0.39, 0.29) is 23.8 Å². The van der Waals surface area contributed by atoms with E-state index in [0.717, 1.165) is 30.8 Å². The second-order valence-electron chi connectivity index (χ2n) is 5.59. The first kappa shape index (κ1) is 13.5. The predicted molar refractivity (Wildman–Crippen MR) is 76.2 cm³/mol. The molecule has 0 aromatic carbocycles. The Morgan fingerprint density at radius 2 is 2.30 bits per heavy atom. The number of aromatic nitrogens is 1. The highest BCUT2D eigenvalue weighted by Crippen LogP contribution is 2.34. The van der Waals surface area contributed by atoms with Gasteiger partial charge in [-0.05, 0) is 19.3 Å². The Labute approximate surface area is 122 Å². The summed E-state index contributed by atoms with van der Waals surface area (Å²) >= 11 is 1.61. The van der Waals surface area contributed by atoms with Crippen molar-refractivity contribution in [2.24, 2.45) is 5.92 Å². The molecule has 0 unspecified atom stereocenters. The van der Waals surface area contributed by atoms with E-state index in [1.54, 1.807) is 29.5 Å². The van der Waals surface area contributed by atoms with Gasteiger partial charge in [0.05, 0.1) is 12.0 Å². The minimum atomic E-state index is -0.173. The molecule has 3 rings (SSSR count). The minimum absolute atomic E-state index is 0.0751. The lowest BCUT2D eigenvalue weighted by Gasteiger charge is -2.36. The summed E-state index contributed by atoms with van der Waals surface area (Å²) in [5, 5.41) is 2.98. The molecule has 20 heavy (non-hydrogen) atoms. The maximum Gasteiger partial charge on any atom is 0.228 e. The topological polar surface area (TPSA) is 53.5 Å². The largest absolute Gasteiger partial charge is 0.345 e. The summed E-state index contributed by atoms with van der Waals surface area (Å²) in [5.74, 6) is 0.0295. The Morgan fingerprint density at radius 3 is 2.95 bits per heavy atom. The third kappa shape index (κ3) is 2.44. The van der Waals surface area contributed by atoms with Crippen LogP contribution in [0.25, 0.3) is 0 Å². The number of hydrogen-bond acceptors (Lipinski definition) is 4. The molecule has 2 fully saturated rings. The molecule has 6 heteroatoms. The Hall–Kier alpha value is -1.43. The number of carbonyl (C=O) groups excluding carboxylic acids is 2. The molecule has 5 nitrogen and oxygen atoms in total. The fourth-order valence-corrected chi connectivity index (χ4v) is 3.90. The van der Waals surface area contributed by atoms with E-state index in [2.05, 4.69) is 4.98 Å². The first-order valence-corrected chi connectivity index (χ1v) is 7.98. The normalized spacial score (nSPS) is 27.1. The first-order chi connectivity index (χ1) is 9.66. The van der Waals surface area contributed by atoms with Crippen molar-refractivity contribution in [2.45, 2.75) is 31.7 Å². The third-order valence-corrected chi connectivity index (χ3v) is 5.09. The van der Waals surface area contributed by atoms with Gasteiger partial charge in [0.25, 0.3) is 0 Å². The molecule has 2 aliphatic heterocycles. The molecule has 2 atom stereocenters. The molecule has 0 spiro atoms. The first-order valence-electron chi connectivity index (χ1n) is 7.10. The number of hydrogen-bond donors (Lipinski definition) is 0. The summed E-state index contributed by atoms with van der Waals surface area (Å²) < 4.78 is 0. The third-order valence-electron chi connectivity index (χ3n) is 4.21. The molecule has 3 heterocycles. The van der Waals surface area contributed by atoms with Crippen LogP contribution in [0, 0.1) is 5.92 Å². The molecule has 0 N–H and O–H groups in total. The highest BCUT2D eigenvalue weighted by atomic mass is 32.1. The van der Waals surface area contributed by atoms with E-state index < -0.39 is 0 Å². The smallest absolute Gasteiger partial charge is 0.228 e. The summed E-state index contributed by atoms with van der Waals surface area (Å²) in [6.07, 6.45) is 5.32. The summed E-state index contributed by atoms with van der Waals surface area (Å²) in [6.45, 7) is 1.34. The molecule has 2 saturated heterocycles. The average molecular weight is 293 g/mol. The van der Waals surface area contributed by atoms with Crippen LogP contribution in [0.3, 0.4) is 0 Å². The zero-order valence-electron chi connectivity index (χ0n) is 11.6. The monoisotopic (exact) mass is 293 g/mol. The van der Waals surface area contributed by atoms with E-state index in [9.17, 15) is 9.59 Å². The van der Waals surface area contributed by atoms with Gasteiger partial charge in [0.2, 0.25) is 11.8 Å². The van der Waals surface area contributed by atoms with Crippen LogP contribution >= 0.6 is 11.3 Å². The SMILES string of the molecule is CN1C[C@H](C(=O)N2CCCC[C@@H]2c2nccs2)CC1=O. The van der Waals surface area contributed by atoms with Crippen molar-refractivity contribution >= 4 is 23.2 Å². The number of likely N-dealkylation sites (tertiary alicyclic amines) is 2. The van der Waals surface area contributed by atoms with Gasteiger partial charge in [-0.25, -0.2) is 4.98 Å². The van der Waals surface area contributed by atoms with Gasteiger partial charge < -0.3 is 9.80 Å². The van der Waals surface area contributed by atoms with E-state index in [1.165, 1.54) is 0 Å². The van der Waals surface area contributed by atoms with Crippen molar-refractivity contribution in [3.63, 3.8) is 0 Å². The van der Waals surface area contributed by atoms with Crippen LogP contribution < -0.4 is 0 Å². The molecule has 108 valence electrons. The summed E-state index contributed by atoms with van der Waals surface area (Å²) in [5.41, 5.74) is 0. The Morgan fingerprint density at radius 1 is 1.45 bits per heavy atom. The maximum atomic E-state index is 12.7. The second kappa shape index (κ2) is 5.52. The van der Waals surface area contributed by atoms with Gasteiger partial charge in [0.1, 0.15) is 5.01 Å². The molecule has 2 amide bonds. The number of nitrogens with zero attached hydrogens (tertiary/aromatic N) is 3. The van der Waals surface area contributed by atoms with Gasteiger partial charge in [0.15, 0.2) is 0 Å². The second-order valence-corrected chi connectivity index (χ2v) is 6.52. The lowest BCUT2D eigenvalue weighted by atomic mass is 9.99. The van der Waals surface area contributed by atoms with Crippen LogP contribution in [0.15, 0.2) is 11.6 Å². The minimum Gasteiger partial charge on any atom is -0.345 e. The molecular weight excluding hydrogens is 274 g/mol. The zero-order valence-corrected chi connectivity index (χ0v) is 12.4. The molecule has 0 saturated carbocycles. The lowest BCUT2D eigenvalue weighted by Crippen LogP contribution is -2.42. The number of carbonyl (C=O) groups is 2. The summed E-state index contributed by atoms with van der Waals surface area (Å²) in [4.78, 5) is 32.3. The summed E-state index contributed by atoms with van der Waals surface area (Å²) in [6, 6.07) is 0.109. The van der Waals surface area contributed by atoms with Gasteiger partial charge in [-0.1, -0.05) is 0 Å². The molecule has 1 aromatic heterocycles. The molecular formula is C14H19N3O2S. The van der Waals surface area contributed by atoms with Crippen LogP contribution in [-0.4, -0.2) is 46.7 Å². The van der Waals surface area contributed by atoms with Crippen LogP contribution in [0.1, 0.15) is 36.7 Å². The molecule has 0 aliphatic carbocycles. The van der Waals surface area contributed by atoms with E-state index in [0.29, 0.717) is 13.0 Å². The molecule has 0 radical (unpaired) electrons. The Balaban J connectivity index is 1.76. The van der Waals surface area contributed by atoms with Crippen molar-refractivity contribution < 1.29 is 9.59 Å². The fraction of sp³-hybridized carbons (Fsp3) is 0.643. The zero-order chi connectivity index (χ0) is 14.1. The van der Waals surface area contributed by atoms with Crippen LogP contribution in [0.5, 0.6) is 0 Å². The van der Waals surface area contributed by atoms with Crippen molar-refractivity contribution in [1.82, 2.24) is 14.8 Å². The van der Waals surface area contributed by atoms with Crippen molar-refractivity contribution in [2.75, 3.05) is 20.1 Å². The average Bonchev–Trinajstić information content (AvgIpc) is 3.09. The quantitative estimate of drug-likeness (QED) is 0.833. The molecule has 2 aliphatic rings. The summed E-state index contributed by atoms with van der Waals surface area (Å²) in [7, 11) is 1.77. The van der Waals surface area contributed by atoms with Crippen molar-refractivity contribution in [3.05, 3.63) is 16.6 Å². The standard InChI is InChI=1S/C14H19N3O2S/c1-16-9-10(8-12(16)18)14(19)17-6-3-2-4-11(17)13-15-5-7-20-13/h5,7,10-11H,2-4,6,8-9H2,1H3/t10-,11-/m1/s1. The van der Waals surface area contributed by atoms with E-state index >= 15 is 0 Å². The van der Waals surface area contributed by atoms with Gasteiger partial charge in [-0.2, -0.15) is 0 Å². The lowest BCUT2D eigenvalue weighted by molar-refractivity contribution is -0.139. The highest BCUT2D eigenvalue weighted by molar-refractivity contribution is 7.09. The molecule has 0 bridgehead atoms. The number of rotatable bonds is 2. The maximum absolute atomic E-state index is 12.7. The number of amides is 2. The van der Waals surface area contributed by atoms with Crippen molar-refractivity contribution in [1.29, 1.82) is 0 Å². The Bertz CT molecular complexity index is 503. The van der Waals surface area contributed by atoms with Crippen molar-refractivity contribution in [3.8, 4) is 0 Å². The van der Waals surface area contributed by atoms with Crippen LogP contribution in [0.2, 0.25) is 0 Å². The number of piperidine rings is 1. The van der Waals surface area contributed by atoms with E-state index in [4.69, 9.17) is 0 Å². The van der Waals surface area contributed by atoms with Gasteiger partial charge in [-0.3, -0.25) is 9.59 Å². The highest BCUT2D eigenvalue weighted by Gasteiger charge is 2.38. The van der Waals surface area contributed by atoms with Crippen LogP contribution in [-0.2, 0) is 9.59 Å². The van der Waals surface area contributed by atoms with E-state index in [1.807, 2.05) is 10.3 Å².